The van der Waals surface area contributed by atoms with Gasteiger partial charge in [-0.2, -0.15) is 18.2 Å². The molecule has 0 aromatic heterocycles. The normalized spacial score (nSPS) is 9.58. The standard InChI is InChI=1S/C15H15N2O.W/c1-10-7-8-12(11(2)9-10)15(18)17-14-6-4-3-5-13(14)16;/h4-9H,16H2,1-2H3,(H,17,18);/q-1;. The zero-order valence-corrected chi connectivity index (χ0v) is 13.8. The van der Waals surface area contributed by atoms with Gasteiger partial charge in [0.1, 0.15) is 0 Å². The van der Waals surface area contributed by atoms with E-state index < -0.39 is 0 Å². The van der Waals surface area contributed by atoms with Crippen LogP contribution in [-0.4, -0.2) is 5.91 Å². The van der Waals surface area contributed by atoms with Gasteiger partial charge in [0.15, 0.2) is 0 Å². The van der Waals surface area contributed by atoms with Crippen molar-refractivity contribution in [3.05, 3.63) is 59.2 Å². The minimum Gasteiger partial charge on any atom is -0.448 e. The Morgan fingerprint density at radius 1 is 1.26 bits per heavy atom. The Kier molecular flexibility index (Phi) is 5.31. The summed E-state index contributed by atoms with van der Waals surface area (Å²) in [5.74, 6) is -0.148. The SMILES string of the molecule is Cc1ccc(C(=O)Nc2cc[c-]cc2N)c(C)c1.[W]. The van der Waals surface area contributed by atoms with E-state index in [0.29, 0.717) is 16.9 Å². The van der Waals surface area contributed by atoms with Crippen LogP contribution in [0.3, 0.4) is 0 Å². The molecule has 0 atom stereocenters. The van der Waals surface area contributed by atoms with E-state index in [0.717, 1.165) is 11.1 Å². The van der Waals surface area contributed by atoms with Gasteiger partial charge in [-0.3, -0.25) is 4.79 Å². The predicted octanol–water partition coefficient (Wildman–Crippen LogP) is 2.94. The molecular weight excluding hydrogens is 408 g/mol. The second kappa shape index (κ2) is 6.53. The van der Waals surface area contributed by atoms with E-state index in [2.05, 4.69) is 11.4 Å². The topological polar surface area (TPSA) is 55.1 Å². The molecule has 0 radical (unpaired) electrons. The first-order chi connectivity index (χ1) is 8.58. The van der Waals surface area contributed by atoms with Crippen LogP contribution in [0.4, 0.5) is 11.4 Å². The van der Waals surface area contributed by atoms with Crippen LogP contribution in [-0.2, 0) is 21.1 Å². The van der Waals surface area contributed by atoms with E-state index in [-0.39, 0.29) is 27.0 Å². The number of aryl methyl sites for hydroxylation is 2. The van der Waals surface area contributed by atoms with Crippen LogP contribution in [0.2, 0.25) is 0 Å². The number of carbonyl (C=O) groups excluding carboxylic acids is 1. The van der Waals surface area contributed by atoms with Gasteiger partial charge in [0, 0.05) is 26.6 Å². The second-order valence-electron chi connectivity index (χ2n) is 4.29. The maximum Gasteiger partial charge on any atom is 0.254 e. The van der Waals surface area contributed by atoms with Crippen LogP contribution >= 0.6 is 0 Å². The number of nitrogen functional groups attached to an aromatic ring is 1. The molecule has 2 rings (SSSR count). The van der Waals surface area contributed by atoms with Crippen LogP contribution in [0.15, 0.2) is 36.4 Å². The third-order valence-corrected chi connectivity index (χ3v) is 2.77. The average Bonchev–Trinajstić information content (AvgIpc) is 2.32. The largest absolute Gasteiger partial charge is 0.448 e. The number of hydrogen-bond acceptors (Lipinski definition) is 2. The number of carbonyl (C=O) groups is 1. The number of benzene rings is 2. The Hall–Kier alpha value is -1.60. The van der Waals surface area contributed by atoms with E-state index in [1.807, 2.05) is 32.0 Å². The van der Waals surface area contributed by atoms with Crippen LogP contribution in [0, 0.1) is 19.9 Å². The quantitative estimate of drug-likeness (QED) is 0.577. The number of amides is 1. The fourth-order valence-electron chi connectivity index (χ4n) is 1.82. The van der Waals surface area contributed by atoms with Gasteiger partial charge in [0.25, 0.3) is 5.91 Å². The number of nitrogens with one attached hydrogen (secondary N) is 1. The monoisotopic (exact) mass is 423 g/mol. The van der Waals surface area contributed by atoms with Crippen molar-refractivity contribution in [3.8, 4) is 0 Å². The van der Waals surface area contributed by atoms with Crippen molar-refractivity contribution in [2.75, 3.05) is 11.1 Å². The van der Waals surface area contributed by atoms with Gasteiger partial charge in [-0.05, 0) is 31.2 Å². The number of anilines is 2. The molecule has 3 N–H and O–H groups in total. The molecule has 0 aliphatic rings. The van der Waals surface area contributed by atoms with E-state index in [1.165, 1.54) is 0 Å². The Bertz CT molecular complexity index is 596. The third kappa shape index (κ3) is 3.68. The summed E-state index contributed by atoms with van der Waals surface area (Å²) in [7, 11) is 0. The summed E-state index contributed by atoms with van der Waals surface area (Å²) < 4.78 is 0. The summed E-state index contributed by atoms with van der Waals surface area (Å²) >= 11 is 0. The van der Waals surface area contributed by atoms with Crippen LogP contribution in [0.5, 0.6) is 0 Å². The summed E-state index contributed by atoms with van der Waals surface area (Å²) in [6.45, 7) is 3.92. The predicted molar refractivity (Wildman–Crippen MR) is 73.6 cm³/mol. The van der Waals surface area contributed by atoms with Gasteiger partial charge in [0.2, 0.25) is 0 Å². The molecule has 98 valence electrons. The molecule has 0 saturated heterocycles. The summed E-state index contributed by atoms with van der Waals surface area (Å²) in [5, 5.41) is 2.80. The van der Waals surface area contributed by atoms with Crippen molar-refractivity contribution in [1.82, 2.24) is 0 Å². The third-order valence-electron chi connectivity index (χ3n) is 2.77. The van der Waals surface area contributed by atoms with E-state index in [4.69, 9.17) is 5.73 Å². The summed E-state index contributed by atoms with van der Waals surface area (Å²) in [6, 6.07) is 13.7. The van der Waals surface area contributed by atoms with Crippen LogP contribution in [0.1, 0.15) is 21.5 Å². The van der Waals surface area contributed by atoms with Crippen molar-refractivity contribution >= 4 is 17.3 Å². The second-order valence-corrected chi connectivity index (χ2v) is 4.29. The van der Waals surface area contributed by atoms with Crippen molar-refractivity contribution in [1.29, 1.82) is 0 Å². The molecule has 0 aliphatic carbocycles. The van der Waals surface area contributed by atoms with Gasteiger partial charge >= 0.3 is 0 Å². The van der Waals surface area contributed by atoms with Gasteiger partial charge in [-0.15, -0.1) is 6.07 Å². The Morgan fingerprint density at radius 2 is 2.00 bits per heavy atom. The van der Waals surface area contributed by atoms with Crippen LogP contribution in [0.25, 0.3) is 0 Å². The molecule has 0 spiro atoms. The number of nitrogens with two attached hydrogens (primary N) is 1. The molecule has 0 aliphatic heterocycles. The van der Waals surface area contributed by atoms with Crippen molar-refractivity contribution in [3.63, 3.8) is 0 Å². The van der Waals surface area contributed by atoms with Crippen molar-refractivity contribution < 1.29 is 25.9 Å². The van der Waals surface area contributed by atoms with E-state index in [1.54, 1.807) is 18.2 Å². The van der Waals surface area contributed by atoms with Gasteiger partial charge in [-0.1, -0.05) is 23.4 Å². The van der Waals surface area contributed by atoms with Gasteiger partial charge in [0.05, 0.1) is 0 Å². The first-order valence-electron chi connectivity index (χ1n) is 5.72. The zero-order valence-electron chi connectivity index (χ0n) is 10.9. The molecule has 2 aromatic rings. The maximum absolute atomic E-state index is 12.1. The van der Waals surface area contributed by atoms with E-state index in [9.17, 15) is 4.79 Å². The van der Waals surface area contributed by atoms with Crippen LogP contribution < -0.4 is 11.1 Å². The molecule has 2 aromatic carbocycles. The van der Waals surface area contributed by atoms with E-state index >= 15 is 0 Å². The molecule has 4 heteroatoms. The first-order valence-corrected chi connectivity index (χ1v) is 5.72. The molecule has 0 fully saturated rings. The van der Waals surface area contributed by atoms with Gasteiger partial charge < -0.3 is 11.1 Å². The molecule has 3 nitrogen and oxygen atoms in total. The molecule has 19 heavy (non-hydrogen) atoms. The first kappa shape index (κ1) is 15.5. The summed E-state index contributed by atoms with van der Waals surface area (Å²) in [5.41, 5.74) is 9.63. The molecule has 0 saturated carbocycles. The summed E-state index contributed by atoms with van der Waals surface area (Å²) in [4.78, 5) is 12.1. The fraction of sp³-hybridized carbons (Fsp3) is 0.133. The minimum absolute atomic E-state index is 0. The molecular formula is C15H15N2OW-. The minimum atomic E-state index is -0.148. The smallest absolute Gasteiger partial charge is 0.254 e. The Morgan fingerprint density at radius 3 is 2.63 bits per heavy atom. The zero-order chi connectivity index (χ0) is 13.1. The average molecular weight is 423 g/mol. The molecule has 0 heterocycles. The molecule has 1 amide bonds. The Labute approximate surface area is 127 Å². The van der Waals surface area contributed by atoms with Crippen molar-refractivity contribution in [2.45, 2.75) is 13.8 Å². The summed E-state index contributed by atoms with van der Waals surface area (Å²) in [6.07, 6.45) is 0. The number of rotatable bonds is 2. The van der Waals surface area contributed by atoms with Gasteiger partial charge in [-0.25, -0.2) is 0 Å². The molecule has 0 bridgehead atoms. The molecule has 0 unspecified atom stereocenters. The fourth-order valence-corrected chi connectivity index (χ4v) is 1.82. The Balaban J connectivity index is 0.00000180. The maximum atomic E-state index is 12.1. The number of hydrogen-bond donors (Lipinski definition) is 2. The van der Waals surface area contributed by atoms with Crippen molar-refractivity contribution in [2.24, 2.45) is 0 Å².